The van der Waals surface area contributed by atoms with E-state index in [1.54, 1.807) is 6.07 Å². The van der Waals surface area contributed by atoms with Crippen molar-refractivity contribution < 1.29 is 44.9 Å². The number of alkyl halides is 3. The van der Waals surface area contributed by atoms with Crippen LogP contribution in [0.4, 0.5) is 24.5 Å². The summed E-state index contributed by atoms with van der Waals surface area (Å²) >= 11 is 0. The molecule has 1 aliphatic rings. The van der Waals surface area contributed by atoms with Crippen LogP contribution in [0.5, 0.6) is 5.75 Å². The van der Waals surface area contributed by atoms with Gasteiger partial charge in [-0.2, -0.15) is 21.6 Å². The van der Waals surface area contributed by atoms with E-state index in [1.807, 2.05) is 54.6 Å². The Hall–Kier alpha value is -7.92. The van der Waals surface area contributed by atoms with Gasteiger partial charge in [0.15, 0.2) is 0 Å². The molecule has 11 rings (SSSR count). The largest absolute Gasteiger partial charge is 0.534 e. The molecule has 0 radical (unpaired) electrons. The Morgan fingerprint density at radius 2 is 0.915 bits per heavy atom. The average Bonchev–Trinajstić information content (AvgIpc) is 3.56. The molecule has 1 saturated heterocycles. The van der Waals surface area contributed by atoms with Gasteiger partial charge >= 0.3 is 28.4 Å². The van der Waals surface area contributed by atoms with Crippen LogP contribution in [0.3, 0.4) is 0 Å². The van der Waals surface area contributed by atoms with Crippen LogP contribution in [-0.2, 0) is 19.4 Å². The van der Waals surface area contributed by atoms with Crippen molar-refractivity contribution in [2.24, 2.45) is 0 Å². The maximum absolute atomic E-state index is 12.4. The third-order valence-corrected chi connectivity index (χ3v) is 13.9. The van der Waals surface area contributed by atoms with Crippen molar-refractivity contribution in [1.29, 1.82) is 0 Å². The molecule has 0 aromatic heterocycles. The molecule has 1 aliphatic heterocycles. The molecule has 356 valence electrons. The molecule has 11 nitrogen and oxygen atoms in total. The molecule has 10 aromatic rings. The number of hydrogen-bond acceptors (Lipinski definition) is 9. The lowest BCUT2D eigenvalue weighted by Gasteiger charge is -2.32. The summed E-state index contributed by atoms with van der Waals surface area (Å²) in [6, 6.07) is 56.7. The zero-order valence-corrected chi connectivity index (χ0v) is 39.3. The number of hydrogen-bond donors (Lipinski definition) is 0. The van der Waals surface area contributed by atoms with Crippen molar-refractivity contribution in [2.45, 2.75) is 44.4 Å². The highest BCUT2D eigenvalue weighted by Crippen LogP contribution is 2.42. The summed E-state index contributed by atoms with van der Waals surface area (Å²) in [5.41, 5.74) is -4.39. The normalized spacial score (nSPS) is 14.3. The quantitative estimate of drug-likeness (QED) is 0.0396. The molecule has 0 unspecified atom stereocenters. The second-order valence-electron chi connectivity index (χ2n) is 17.9. The predicted octanol–water partition coefficient (Wildman–Crippen LogP) is 14.0. The number of nitro benzene ring substituents is 2. The summed E-state index contributed by atoms with van der Waals surface area (Å²) < 4.78 is 75.7. The maximum Gasteiger partial charge on any atom is 0.534 e. The molecule has 0 aliphatic carbocycles. The lowest BCUT2D eigenvalue weighted by Crippen LogP contribution is -2.41. The molecule has 0 spiro atoms. The minimum absolute atomic E-state index is 0.112. The number of rotatable bonds is 6. The summed E-state index contributed by atoms with van der Waals surface area (Å²) in [4.78, 5) is 21.3. The predicted molar refractivity (Wildman–Crippen MR) is 274 cm³/mol. The van der Waals surface area contributed by atoms with Gasteiger partial charge in [0.1, 0.15) is 0 Å². The van der Waals surface area contributed by atoms with Gasteiger partial charge in [-0.05, 0) is 134 Å². The summed E-state index contributed by atoms with van der Waals surface area (Å²) in [7, 11) is -6.33. The lowest BCUT2D eigenvalue weighted by molar-refractivity contribution is -0.385. The number of halogens is 3. The molecule has 0 N–H and O–H groups in total. The van der Waals surface area contributed by atoms with Crippen LogP contribution in [0.2, 0.25) is 0 Å². The number of nitro groups is 2. The fourth-order valence-electron chi connectivity index (χ4n) is 8.67. The molecule has 0 atom stereocenters. The standard InChI is InChI=1S/C24H15NO2.C20H21BO2.C11H6F3NO5S/c26-25(27)23-13-12-16-6-3-4-10-20(16)24(23)21-11-5-9-19-14-17-7-1-2-8-18(17)15-22(19)21;1-19(2)20(3,4)23-21(22-19)18-11-7-10-16-12-14-8-5-6-9-15(14)13-17(16)18;12-11(13,14)21(18,19)20-10-8-4-2-1-3-7(8)5-6-9(10)15(16)17/h1-15H;5-13H,1-4H3;1-6H. The highest BCUT2D eigenvalue weighted by Gasteiger charge is 2.52. The minimum Gasteiger partial charge on any atom is -0.399 e. The number of fused-ring (bicyclic) bond motifs is 6. The van der Waals surface area contributed by atoms with Gasteiger partial charge in [-0.1, -0.05) is 133 Å². The minimum atomic E-state index is -6.00. The van der Waals surface area contributed by atoms with Gasteiger partial charge in [-0.15, -0.1) is 0 Å². The van der Waals surface area contributed by atoms with Crippen LogP contribution in [0.1, 0.15) is 27.7 Å². The van der Waals surface area contributed by atoms with Crippen LogP contribution in [-0.4, -0.2) is 42.1 Å². The van der Waals surface area contributed by atoms with Gasteiger partial charge < -0.3 is 13.5 Å². The van der Waals surface area contributed by atoms with E-state index in [1.165, 1.54) is 51.9 Å². The summed E-state index contributed by atoms with van der Waals surface area (Å²) in [6.45, 7) is 8.36. The Morgan fingerprint density at radius 3 is 1.45 bits per heavy atom. The van der Waals surface area contributed by atoms with Gasteiger partial charge in [-0.25, -0.2) is 0 Å². The van der Waals surface area contributed by atoms with Crippen molar-refractivity contribution in [1.82, 2.24) is 0 Å². The molecule has 1 heterocycles. The Labute approximate surface area is 405 Å². The first kappa shape index (κ1) is 48.1. The molecule has 0 bridgehead atoms. The first-order valence-corrected chi connectivity index (χ1v) is 23.7. The van der Waals surface area contributed by atoms with Crippen molar-refractivity contribution in [3.05, 3.63) is 202 Å². The SMILES string of the molecule is CC1(C)OB(c2cccc3cc4ccccc4cc23)OC1(C)C.O=[N+]([O-])c1ccc2ccccc2c1-c1cccc2cc3ccccc3cc12.O=[N+]([O-])c1ccc2ccccc2c1OS(=O)(=O)C(F)(F)F. The van der Waals surface area contributed by atoms with Crippen molar-refractivity contribution in [3.63, 3.8) is 0 Å². The first-order valence-electron chi connectivity index (χ1n) is 22.2. The van der Waals surface area contributed by atoms with Gasteiger partial charge in [0.25, 0.3) is 5.69 Å². The number of nitrogens with zero attached hydrogens (tertiary/aromatic N) is 2. The third kappa shape index (κ3) is 9.32. The van der Waals surface area contributed by atoms with Crippen molar-refractivity contribution in [3.8, 4) is 16.9 Å². The monoisotopic (exact) mass is 974 g/mol. The Morgan fingerprint density at radius 1 is 0.493 bits per heavy atom. The Balaban J connectivity index is 0.000000133. The molecule has 0 saturated carbocycles. The fraction of sp³-hybridized carbons (Fsp3) is 0.127. The molecular formula is C55H42BF3N2O9S. The third-order valence-electron chi connectivity index (χ3n) is 12.9. The molecule has 16 heteroatoms. The van der Waals surface area contributed by atoms with E-state index in [0.29, 0.717) is 10.9 Å². The second kappa shape index (κ2) is 18.4. The van der Waals surface area contributed by atoms with Crippen molar-refractivity contribution >= 4 is 98.7 Å². The smallest absolute Gasteiger partial charge is 0.399 e. The summed E-state index contributed by atoms with van der Waals surface area (Å²) in [5, 5.41) is 34.0. The first-order chi connectivity index (χ1) is 33.7. The van der Waals surface area contributed by atoms with Crippen LogP contribution >= 0.6 is 0 Å². The van der Waals surface area contributed by atoms with Gasteiger partial charge in [0.05, 0.1) is 26.6 Å². The summed E-state index contributed by atoms with van der Waals surface area (Å²) in [5.74, 6) is -0.963. The lowest BCUT2D eigenvalue weighted by atomic mass is 9.76. The molecular weight excluding hydrogens is 932 g/mol. The van der Waals surface area contributed by atoms with E-state index >= 15 is 0 Å². The zero-order valence-electron chi connectivity index (χ0n) is 38.5. The second-order valence-corrected chi connectivity index (χ2v) is 19.4. The topological polar surface area (TPSA) is 148 Å². The van der Waals surface area contributed by atoms with E-state index in [2.05, 4.69) is 117 Å². The van der Waals surface area contributed by atoms with Gasteiger partial charge in [0, 0.05) is 17.5 Å². The highest BCUT2D eigenvalue weighted by atomic mass is 32.2. The van der Waals surface area contributed by atoms with E-state index in [0.717, 1.165) is 49.4 Å². The fourth-order valence-corrected chi connectivity index (χ4v) is 9.16. The summed E-state index contributed by atoms with van der Waals surface area (Å²) in [6.07, 6.45) is 0. The van der Waals surface area contributed by atoms with Crippen LogP contribution in [0.25, 0.3) is 75.8 Å². The molecule has 71 heavy (non-hydrogen) atoms. The highest BCUT2D eigenvalue weighted by molar-refractivity contribution is 7.88. The van der Waals surface area contributed by atoms with E-state index in [4.69, 9.17) is 9.31 Å². The molecule has 1 fully saturated rings. The average molecular weight is 975 g/mol. The van der Waals surface area contributed by atoms with Gasteiger partial charge in [-0.3, -0.25) is 20.2 Å². The zero-order chi connectivity index (χ0) is 50.5. The maximum atomic E-state index is 12.4. The van der Waals surface area contributed by atoms with E-state index in [9.17, 15) is 41.8 Å². The van der Waals surface area contributed by atoms with E-state index in [-0.39, 0.29) is 34.3 Å². The molecule has 10 aromatic carbocycles. The van der Waals surface area contributed by atoms with Crippen molar-refractivity contribution in [2.75, 3.05) is 0 Å². The Kier molecular flexibility index (Phi) is 12.5. The van der Waals surface area contributed by atoms with Crippen LogP contribution < -0.4 is 9.65 Å². The van der Waals surface area contributed by atoms with Gasteiger partial charge in [0.2, 0.25) is 5.75 Å². The van der Waals surface area contributed by atoms with E-state index < -0.39 is 32.0 Å². The Bertz CT molecular complexity index is 3850. The van der Waals surface area contributed by atoms with Crippen LogP contribution in [0.15, 0.2) is 182 Å². The van der Waals surface area contributed by atoms with Crippen LogP contribution in [0, 0.1) is 20.2 Å². The molecule has 0 amide bonds. The number of benzene rings is 10.